The number of rotatable bonds is 2. The van der Waals surface area contributed by atoms with Gasteiger partial charge in [-0.25, -0.2) is 0 Å². The molecule has 1 saturated heterocycles. The predicted molar refractivity (Wildman–Crippen MR) is 78.5 cm³/mol. The minimum absolute atomic E-state index is 0.00916. The van der Waals surface area contributed by atoms with Gasteiger partial charge in [-0.15, -0.1) is 0 Å². The third kappa shape index (κ3) is 3.08. The molecule has 0 saturated carbocycles. The first-order chi connectivity index (χ1) is 10.1. The Morgan fingerprint density at radius 1 is 1.19 bits per heavy atom. The summed E-state index contributed by atoms with van der Waals surface area (Å²) in [7, 11) is 0. The van der Waals surface area contributed by atoms with Gasteiger partial charge in [-0.3, -0.25) is 9.59 Å². The van der Waals surface area contributed by atoms with Crippen LogP contribution in [0.1, 0.15) is 30.9 Å². The second-order valence-corrected chi connectivity index (χ2v) is 5.75. The smallest absolute Gasteiger partial charge is 0.227 e. The van der Waals surface area contributed by atoms with E-state index in [9.17, 15) is 9.59 Å². The topological polar surface area (TPSA) is 58.6 Å². The third-order valence-corrected chi connectivity index (χ3v) is 4.30. The first-order valence-electron chi connectivity index (χ1n) is 7.39. The highest BCUT2D eigenvalue weighted by Crippen LogP contribution is 2.24. The van der Waals surface area contributed by atoms with Gasteiger partial charge >= 0.3 is 0 Å². The Balaban J connectivity index is 1.58. The van der Waals surface area contributed by atoms with Gasteiger partial charge in [-0.1, -0.05) is 6.07 Å². The first kappa shape index (κ1) is 14.1. The number of fused-ring (bicyclic) bond motifs is 1. The highest BCUT2D eigenvalue weighted by molar-refractivity contribution is 5.92. The fourth-order valence-corrected chi connectivity index (χ4v) is 2.95. The standard InChI is InChI=1S/C16H20N2O3/c1-11(19)18-6-4-12(5-7-18)16(20)17-15-3-2-13-9-21-10-14(13)8-15/h2-3,8,12H,4-7,9-10H2,1H3,(H,17,20). The molecule has 0 unspecified atom stereocenters. The number of carbonyl (C=O) groups is 2. The van der Waals surface area contributed by atoms with Gasteiger partial charge in [0.2, 0.25) is 11.8 Å². The lowest BCUT2D eigenvalue weighted by Gasteiger charge is -2.30. The highest BCUT2D eigenvalue weighted by Gasteiger charge is 2.26. The SMILES string of the molecule is CC(=O)N1CCC(C(=O)Nc2ccc3c(c2)COC3)CC1. The summed E-state index contributed by atoms with van der Waals surface area (Å²) in [5.41, 5.74) is 3.18. The number of benzene rings is 1. The average Bonchev–Trinajstić information content (AvgIpc) is 2.95. The number of amides is 2. The Labute approximate surface area is 124 Å². The number of piperidine rings is 1. The van der Waals surface area contributed by atoms with Gasteiger partial charge in [-0.05, 0) is 36.1 Å². The molecule has 1 aromatic rings. The molecule has 1 aromatic carbocycles. The van der Waals surface area contributed by atoms with Crippen LogP contribution in [0.15, 0.2) is 18.2 Å². The molecule has 3 rings (SSSR count). The molecular formula is C16H20N2O3. The number of nitrogens with zero attached hydrogens (tertiary/aromatic N) is 1. The highest BCUT2D eigenvalue weighted by atomic mass is 16.5. The Morgan fingerprint density at radius 3 is 2.62 bits per heavy atom. The summed E-state index contributed by atoms with van der Waals surface area (Å²) in [6.07, 6.45) is 1.47. The van der Waals surface area contributed by atoms with Crippen LogP contribution < -0.4 is 5.32 Å². The Morgan fingerprint density at radius 2 is 1.90 bits per heavy atom. The molecule has 5 nitrogen and oxygen atoms in total. The van der Waals surface area contributed by atoms with Crippen LogP contribution in [0.3, 0.4) is 0 Å². The predicted octanol–water partition coefficient (Wildman–Crippen LogP) is 1.91. The number of hydrogen-bond acceptors (Lipinski definition) is 3. The number of hydrogen-bond donors (Lipinski definition) is 1. The van der Waals surface area contributed by atoms with Crippen LogP contribution in [-0.4, -0.2) is 29.8 Å². The molecule has 2 heterocycles. The maximum atomic E-state index is 12.3. The molecular weight excluding hydrogens is 268 g/mol. The Kier molecular flexibility index (Phi) is 3.92. The Hall–Kier alpha value is -1.88. The maximum absolute atomic E-state index is 12.3. The fourth-order valence-electron chi connectivity index (χ4n) is 2.95. The molecule has 0 bridgehead atoms. The molecule has 21 heavy (non-hydrogen) atoms. The molecule has 1 fully saturated rings. The van der Waals surface area contributed by atoms with Crippen LogP contribution >= 0.6 is 0 Å². The van der Waals surface area contributed by atoms with Crippen molar-refractivity contribution in [3.63, 3.8) is 0 Å². The third-order valence-electron chi connectivity index (χ3n) is 4.30. The molecule has 2 amide bonds. The van der Waals surface area contributed by atoms with Crippen molar-refractivity contribution in [2.24, 2.45) is 5.92 Å². The normalized spacial score (nSPS) is 18.4. The van der Waals surface area contributed by atoms with Gasteiger partial charge < -0.3 is 15.0 Å². The van der Waals surface area contributed by atoms with E-state index in [-0.39, 0.29) is 17.7 Å². The molecule has 0 aliphatic carbocycles. The molecule has 2 aliphatic heterocycles. The molecule has 0 aromatic heterocycles. The van der Waals surface area contributed by atoms with Gasteiger partial charge in [0.25, 0.3) is 0 Å². The van der Waals surface area contributed by atoms with Crippen LogP contribution in [0, 0.1) is 5.92 Å². The molecule has 1 N–H and O–H groups in total. The van der Waals surface area contributed by atoms with Crippen LogP contribution in [0.4, 0.5) is 5.69 Å². The lowest BCUT2D eigenvalue weighted by molar-refractivity contribution is -0.132. The van der Waals surface area contributed by atoms with E-state index in [0.29, 0.717) is 26.3 Å². The summed E-state index contributed by atoms with van der Waals surface area (Å²) >= 11 is 0. The Bertz CT molecular complexity index is 563. The van der Waals surface area contributed by atoms with E-state index in [4.69, 9.17) is 4.74 Å². The second-order valence-electron chi connectivity index (χ2n) is 5.75. The zero-order valence-electron chi connectivity index (χ0n) is 12.2. The van der Waals surface area contributed by atoms with Crippen molar-refractivity contribution in [1.29, 1.82) is 0 Å². The van der Waals surface area contributed by atoms with E-state index >= 15 is 0 Å². The van der Waals surface area contributed by atoms with Crippen LogP contribution in [0.25, 0.3) is 0 Å². The molecule has 0 atom stereocenters. The molecule has 0 radical (unpaired) electrons. The average molecular weight is 288 g/mol. The van der Waals surface area contributed by atoms with Crippen molar-refractivity contribution in [3.05, 3.63) is 29.3 Å². The monoisotopic (exact) mass is 288 g/mol. The van der Waals surface area contributed by atoms with E-state index in [1.807, 2.05) is 18.2 Å². The number of likely N-dealkylation sites (tertiary alicyclic amines) is 1. The summed E-state index contributed by atoms with van der Waals surface area (Å²) in [4.78, 5) is 25.4. The van der Waals surface area contributed by atoms with Crippen molar-refractivity contribution in [3.8, 4) is 0 Å². The molecule has 5 heteroatoms. The van der Waals surface area contributed by atoms with E-state index in [1.165, 1.54) is 5.56 Å². The summed E-state index contributed by atoms with van der Waals surface area (Å²) in [6, 6.07) is 5.93. The number of ether oxygens (including phenoxy) is 1. The summed E-state index contributed by atoms with van der Waals surface area (Å²) in [5, 5.41) is 2.99. The van der Waals surface area contributed by atoms with Crippen molar-refractivity contribution < 1.29 is 14.3 Å². The van der Waals surface area contributed by atoms with Crippen LogP contribution in [0.2, 0.25) is 0 Å². The van der Waals surface area contributed by atoms with Gasteiger partial charge in [0.05, 0.1) is 13.2 Å². The zero-order valence-corrected chi connectivity index (χ0v) is 12.2. The van der Waals surface area contributed by atoms with Gasteiger partial charge in [0.1, 0.15) is 0 Å². The minimum atomic E-state index is -0.00916. The summed E-state index contributed by atoms with van der Waals surface area (Å²) in [6.45, 7) is 4.20. The quantitative estimate of drug-likeness (QED) is 0.904. The largest absolute Gasteiger partial charge is 0.372 e. The fraction of sp³-hybridized carbons (Fsp3) is 0.500. The van der Waals surface area contributed by atoms with Crippen LogP contribution in [-0.2, 0) is 27.5 Å². The lowest BCUT2D eigenvalue weighted by atomic mass is 9.95. The van der Waals surface area contributed by atoms with Crippen molar-refractivity contribution >= 4 is 17.5 Å². The second kappa shape index (κ2) is 5.85. The number of nitrogens with one attached hydrogen (secondary N) is 1. The van der Waals surface area contributed by atoms with Crippen molar-refractivity contribution in [2.45, 2.75) is 33.0 Å². The summed E-state index contributed by atoms with van der Waals surface area (Å²) in [5.74, 6) is 0.134. The van der Waals surface area contributed by atoms with E-state index in [2.05, 4.69) is 5.32 Å². The first-order valence-corrected chi connectivity index (χ1v) is 7.39. The van der Waals surface area contributed by atoms with Gasteiger partial charge in [0.15, 0.2) is 0 Å². The van der Waals surface area contributed by atoms with E-state index in [0.717, 1.165) is 24.1 Å². The summed E-state index contributed by atoms with van der Waals surface area (Å²) < 4.78 is 5.38. The maximum Gasteiger partial charge on any atom is 0.227 e. The zero-order chi connectivity index (χ0) is 14.8. The van der Waals surface area contributed by atoms with Crippen molar-refractivity contribution in [1.82, 2.24) is 4.90 Å². The minimum Gasteiger partial charge on any atom is -0.372 e. The van der Waals surface area contributed by atoms with E-state index < -0.39 is 0 Å². The number of carbonyl (C=O) groups excluding carboxylic acids is 2. The molecule has 112 valence electrons. The molecule has 0 spiro atoms. The van der Waals surface area contributed by atoms with Crippen molar-refractivity contribution in [2.75, 3.05) is 18.4 Å². The lowest BCUT2D eigenvalue weighted by Crippen LogP contribution is -2.40. The van der Waals surface area contributed by atoms with Gasteiger partial charge in [-0.2, -0.15) is 0 Å². The molecule has 2 aliphatic rings. The van der Waals surface area contributed by atoms with E-state index in [1.54, 1.807) is 11.8 Å². The van der Waals surface area contributed by atoms with Crippen LogP contribution in [0.5, 0.6) is 0 Å². The number of anilines is 1. The van der Waals surface area contributed by atoms with Gasteiger partial charge in [0, 0.05) is 31.6 Å².